The van der Waals surface area contributed by atoms with Gasteiger partial charge in [-0.2, -0.15) is 13.2 Å². The molecule has 0 aliphatic carbocycles. The molecule has 1 rings (SSSR count). The third-order valence-corrected chi connectivity index (χ3v) is 2.04. The highest BCUT2D eigenvalue weighted by Crippen LogP contribution is 2.32. The molecule has 0 unspecified atom stereocenters. The number of rotatable bonds is 0. The molecule has 1 aromatic heterocycles. The van der Waals surface area contributed by atoms with Gasteiger partial charge in [-0.15, -0.1) is 0 Å². The van der Waals surface area contributed by atoms with E-state index in [4.69, 9.17) is 5.73 Å². The molecule has 0 aliphatic heterocycles. The number of aromatic nitrogens is 1. The molecule has 1 heterocycles. The largest absolute Gasteiger partial charge is 0.417 e. The summed E-state index contributed by atoms with van der Waals surface area (Å²) in [6.07, 6.45) is -3.26. The van der Waals surface area contributed by atoms with E-state index in [0.717, 1.165) is 12.3 Å². The van der Waals surface area contributed by atoms with Gasteiger partial charge in [-0.3, -0.25) is 0 Å². The van der Waals surface area contributed by atoms with Crippen LogP contribution >= 0.6 is 22.6 Å². The fourth-order valence-corrected chi connectivity index (χ4v) is 1.27. The predicted molar refractivity (Wildman–Crippen MR) is 46.4 cm³/mol. The molecule has 0 saturated carbocycles. The van der Waals surface area contributed by atoms with Gasteiger partial charge in [0.25, 0.3) is 0 Å². The van der Waals surface area contributed by atoms with Crippen molar-refractivity contribution >= 4 is 28.4 Å². The summed E-state index contributed by atoms with van der Waals surface area (Å²) in [4.78, 5) is 3.52. The molecule has 0 aliphatic rings. The van der Waals surface area contributed by atoms with Crippen LogP contribution in [0.5, 0.6) is 0 Å². The van der Waals surface area contributed by atoms with Crippen molar-refractivity contribution < 1.29 is 13.2 Å². The van der Waals surface area contributed by atoms with Crippen LogP contribution in [0, 0.1) is 3.57 Å². The summed E-state index contributed by atoms with van der Waals surface area (Å²) >= 11 is 1.56. The number of halogens is 4. The SMILES string of the molecule is Nc1cc(C(F)(F)F)c(I)cn1. The van der Waals surface area contributed by atoms with Crippen molar-refractivity contribution in [2.24, 2.45) is 0 Å². The zero-order valence-electron chi connectivity index (χ0n) is 5.69. The van der Waals surface area contributed by atoms with Gasteiger partial charge in [0, 0.05) is 9.77 Å². The number of nitrogen functional groups attached to an aromatic ring is 1. The Morgan fingerprint density at radius 3 is 2.42 bits per heavy atom. The summed E-state index contributed by atoms with van der Waals surface area (Å²) in [6.45, 7) is 0. The van der Waals surface area contributed by atoms with E-state index in [1.165, 1.54) is 0 Å². The Morgan fingerprint density at radius 1 is 1.42 bits per heavy atom. The minimum absolute atomic E-state index is 0.0503. The summed E-state index contributed by atoms with van der Waals surface area (Å²) in [6, 6.07) is 0.821. The lowest BCUT2D eigenvalue weighted by molar-refractivity contribution is -0.138. The molecule has 0 aromatic carbocycles. The van der Waals surface area contributed by atoms with Crippen molar-refractivity contribution in [2.75, 3.05) is 5.73 Å². The molecule has 6 heteroatoms. The van der Waals surface area contributed by atoms with Crippen LogP contribution < -0.4 is 5.73 Å². The Labute approximate surface area is 80.1 Å². The molecule has 1 aromatic rings. The second-order valence-corrected chi connectivity index (χ2v) is 3.25. The second-order valence-electron chi connectivity index (χ2n) is 2.09. The number of nitrogens with two attached hydrogens (primary N) is 1. The molecular weight excluding hydrogens is 284 g/mol. The van der Waals surface area contributed by atoms with Crippen LogP contribution in [-0.2, 0) is 6.18 Å². The van der Waals surface area contributed by atoms with E-state index < -0.39 is 11.7 Å². The van der Waals surface area contributed by atoms with Crippen molar-refractivity contribution in [3.05, 3.63) is 21.4 Å². The van der Waals surface area contributed by atoms with Crippen molar-refractivity contribution in [3.63, 3.8) is 0 Å². The van der Waals surface area contributed by atoms with E-state index in [-0.39, 0.29) is 9.39 Å². The van der Waals surface area contributed by atoms with Gasteiger partial charge in [-0.25, -0.2) is 4.98 Å². The highest BCUT2D eigenvalue weighted by Gasteiger charge is 2.33. The molecule has 0 fully saturated rings. The number of hydrogen-bond acceptors (Lipinski definition) is 2. The van der Waals surface area contributed by atoms with Crippen LogP contribution in [-0.4, -0.2) is 4.98 Å². The Morgan fingerprint density at radius 2 is 2.00 bits per heavy atom. The van der Waals surface area contributed by atoms with Gasteiger partial charge in [0.15, 0.2) is 0 Å². The van der Waals surface area contributed by atoms with Crippen molar-refractivity contribution in [3.8, 4) is 0 Å². The number of anilines is 1. The van der Waals surface area contributed by atoms with Crippen LogP contribution in [0.4, 0.5) is 19.0 Å². The van der Waals surface area contributed by atoms with Crippen LogP contribution in [0.25, 0.3) is 0 Å². The number of alkyl halides is 3. The average molecular weight is 288 g/mol. The lowest BCUT2D eigenvalue weighted by Crippen LogP contribution is -2.09. The molecule has 0 saturated heterocycles. The summed E-state index contributed by atoms with van der Waals surface area (Å²) in [7, 11) is 0. The van der Waals surface area contributed by atoms with Crippen molar-refractivity contribution in [1.29, 1.82) is 0 Å². The third kappa shape index (κ3) is 1.99. The molecule has 2 N–H and O–H groups in total. The standard InChI is InChI=1S/C6H4F3IN2/c7-6(8,9)3-1-5(11)12-2-4(3)10/h1-2H,(H2,11,12). The molecule has 0 radical (unpaired) electrons. The van der Waals surface area contributed by atoms with Gasteiger partial charge in [-0.05, 0) is 28.7 Å². The monoisotopic (exact) mass is 288 g/mol. The zero-order valence-corrected chi connectivity index (χ0v) is 7.85. The Hall–Kier alpha value is -0.530. The lowest BCUT2D eigenvalue weighted by atomic mass is 10.2. The molecule has 12 heavy (non-hydrogen) atoms. The summed E-state index contributed by atoms with van der Waals surface area (Å²) < 4.78 is 36.5. The second kappa shape index (κ2) is 3.08. The molecular formula is C6H4F3IN2. The topological polar surface area (TPSA) is 38.9 Å². The highest BCUT2D eigenvalue weighted by atomic mass is 127. The van der Waals surface area contributed by atoms with E-state index in [1.807, 2.05) is 0 Å². The maximum Gasteiger partial charge on any atom is 0.417 e. The van der Waals surface area contributed by atoms with Gasteiger partial charge >= 0.3 is 6.18 Å². The average Bonchev–Trinajstić information content (AvgIpc) is 1.92. The minimum Gasteiger partial charge on any atom is -0.384 e. The van der Waals surface area contributed by atoms with Gasteiger partial charge in [-0.1, -0.05) is 0 Å². The van der Waals surface area contributed by atoms with E-state index in [2.05, 4.69) is 4.98 Å². The summed E-state index contributed by atoms with van der Waals surface area (Å²) in [5, 5.41) is 0. The Balaban J connectivity index is 3.23. The van der Waals surface area contributed by atoms with E-state index >= 15 is 0 Å². The van der Waals surface area contributed by atoms with E-state index in [9.17, 15) is 13.2 Å². The zero-order chi connectivity index (χ0) is 9.35. The fourth-order valence-electron chi connectivity index (χ4n) is 0.672. The Kier molecular flexibility index (Phi) is 2.45. The number of nitrogens with zero attached hydrogens (tertiary/aromatic N) is 1. The lowest BCUT2D eigenvalue weighted by Gasteiger charge is -2.08. The maximum atomic E-state index is 12.1. The van der Waals surface area contributed by atoms with E-state index in [1.54, 1.807) is 22.6 Å². The third-order valence-electron chi connectivity index (χ3n) is 1.18. The summed E-state index contributed by atoms with van der Waals surface area (Å²) in [5.41, 5.74) is 4.37. The maximum absolute atomic E-state index is 12.1. The fraction of sp³-hybridized carbons (Fsp3) is 0.167. The smallest absolute Gasteiger partial charge is 0.384 e. The van der Waals surface area contributed by atoms with Gasteiger partial charge < -0.3 is 5.73 Å². The van der Waals surface area contributed by atoms with Crippen LogP contribution in [0.1, 0.15) is 5.56 Å². The molecule has 2 nitrogen and oxygen atoms in total. The van der Waals surface area contributed by atoms with E-state index in [0.29, 0.717) is 0 Å². The molecule has 0 spiro atoms. The highest BCUT2D eigenvalue weighted by molar-refractivity contribution is 14.1. The molecule has 0 amide bonds. The van der Waals surface area contributed by atoms with Gasteiger partial charge in [0.05, 0.1) is 5.56 Å². The first-order valence-electron chi connectivity index (χ1n) is 2.89. The van der Waals surface area contributed by atoms with Crippen molar-refractivity contribution in [1.82, 2.24) is 4.98 Å². The van der Waals surface area contributed by atoms with Crippen LogP contribution in [0.2, 0.25) is 0 Å². The van der Waals surface area contributed by atoms with Crippen LogP contribution in [0.15, 0.2) is 12.3 Å². The van der Waals surface area contributed by atoms with Crippen LogP contribution in [0.3, 0.4) is 0 Å². The van der Waals surface area contributed by atoms with Crippen molar-refractivity contribution in [2.45, 2.75) is 6.18 Å². The Bertz CT molecular complexity index is 297. The minimum atomic E-state index is -4.35. The number of pyridine rings is 1. The normalized spacial score (nSPS) is 11.7. The molecule has 0 bridgehead atoms. The number of hydrogen-bond donors (Lipinski definition) is 1. The first kappa shape index (κ1) is 9.56. The van der Waals surface area contributed by atoms with Gasteiger partial charge in [0.1, 0.15) is 5.82 Å². The quantitative estimate of drug-likeness (QED) is 0.744. The predicted octanol–water partition coefficient (Wildman–Crippen LogP) is 2.29. The summed E-state index contributed by atoms with van der Waals surface area (Å²) in [5.74, 6) is -0.122. The first-order chi connectivity index (χ1) is 5.41. The van der Waals surface area contributed by atoms with Gasteiger partial charge in [0.2, 0.25) is 0 Å². The molecule has 66 valence electrons. The first-order valence-corrected chi connectivity index (χ1v) is 3.97. The molecule has 0 atom stereocenters.